The quantitative estimate of drug-likeness (QED) is 0.754. The van der Waals surface area contributed by atoms with Crippen LogP contribution in [0.3, 0.4) is 0 Å². The van der Waals surface area contributed by atoms with E-state index in [9.17, 15) is 9.59 Å². The van der Waals surface area contributed by atoms with Crippen LogP contribution in [-0.4, -0.2) is 23.4 Å². The van der Waals surface area contributed by atoms with Crippen molar-refractivity contribution in [3.63, 3.8) is 0 Å². The maximum atomic E-state index is 12.5. The number of carbonyl (C=O) groups excluding carboxylic acids is 2. The number of nitrogens with zero attached hydrogens (tertiary/aromatic N) is 1. The molecule has 0 radical (unpaired) electrons. The van der Waals surface area contributed by atoms with E-state index in [0.717, 1.165) is 5.39 Å². The van der Waals surface area contributed by atoms with E-state index in [1.807, 2.05) is 24.3 Å². The minimum absolute atomic E-state index is 0.187. The van der Waals surface area contributed by atoms with Crippen LogP contribution in [-0.2, 0) is 4.79 Å². The van der Waals surface area contributed by atoms with Crippen LogP contribution in [0, 0.1) is 0 Å². The van der Waals surface area contributed by atoms with Crippen molar-refractivity contribution in [3.8, 4) is 5.75 Å². The fourth-order valence-corrected chi connectivity index (χ4v) is 2.27. The molecule has 0 saturated carbocycles. The zero-order valence-corrected chi connectivity index (χ0v) is 12.7. The largest absolute Gasteiger partial charge is 0.484 e. The highest BCUT2D eigenvalue weighted by Crippen LogP contribution is 2.19. The molecule has 0 unspecified atom stereocenters. The number of fused-ring (bicyclic) bond motifs is 1. The van der Waals surface area contributed by atoms with Crippen molar-refractivity contribution in [2.45, 2.75) is 0 Å². The normalized spacial score (nSPS) is 10.3. The maximum absolute atomic E-state index is 12.5. The van der Waals surface area contributed by atoms with Gasteiger partial charge in [-0.2, -0.15) is 0 Å². The smallest absolute Gasteiger partial charge is 0.257 e. The van der Waals surface area contributed by atoms with Crippen molar-refractivity contribution in [1.82, 2.24) is 4.98 Å². The number of hydrogen-bond acceptors (Lipinski definition) is 4. The Morgan fingerprint density at radius 2 is 1.79 bits per heavy atom. The molecular weight excluding hydrogens is 306 g/mol. The number of anilines is 1. The van der Waals surface area contributed by atoms with Gasteiger partial charge in [0.25, 0.3) is 11.8 Å². The Morgan fingerprint density at radius 1 is 1.04 bits per heavy atom. The highest BCUT2D eigenvalue weighted by molar-refractivity contribution is 6.11. The van der Waals surface area contributed by atoms with E-state index in [2.05, 4.69) is 10.3 Å². The summed E-state index contributed by atoms with van der Waals surface area (Å²) in [6.07, 6.45) is 1.66. The Balaban J connectivity index is 1.75. The standard InChI is InChI=1S/C18H15N3O3/c19-16(22)11-24-14-8-6-13(7-9-14)21-18(23)15-5-1-3-12-4-2-10-20-17(12)15/h1-10H,11H2,(H2,19,22)(H,21,23). The van der Waals surface area contributed by atoms with Gasteiger partial charge < -0.3 is 15.8 Å². The van der Waals surface area contributed by atoms with Gasteiger partial charge in [-0.25, -0.2) is 0 Å². The first-order chi connectivity index (χ1) is 11.6. The molecule has 6 heteroatoms. The molecule has 0 aliphatic rings. The van der Waals surface area contributed by atoms with Crippen LogP contribution in [0.2, 0.25) is 0 Å². The second-order valence-corrected chi connectivity index (χ2v) is 5.11. The van der Waals surface area contributed by atoms with E-state index in [0.29, 0.717) is 22.5 Å². The van der Waals surface area contributed by atoms with E-state index in [1.54, 1.807) is 36.5 Å². The SMILES string of the molecule is NC(=O)COc1ccc(NC(=O)c2cccc3cccnc23)cc1. The van der Waals surface area contributed by atoms with Crippen molar-refractivity contribution < 1.29 is 14.3 Å². The van der Waals surface area contributed by atoms with Crippen LogP contribution in [0.25, 0.3) is 10.9 Å². The molecule has 3 aromatic rings. The number of para-hydroxylation sites is 1. The maximum Gasteiger partial charge on any atom is 0.257 e. The summed E-state index contributed by atoms with van der Waals surface area (Å²) in [6, 6.07) is 15.9. The minimum atomic E-state index is -0.546. The van der Waals surface area contributed by atoms with Gasteiger partial charge in [-0.15, -0.1) is 0 Å². The van der Waals surface area contributed by atoms with Gasteiger partial charge in [0.2, 0.25) is 0 Å². The first kappa shape index (κ1) is 15.5. The first-order valence-electron chi connectivity index (χ1n) is 7.30. The summed E-state index contributed by atoms with van der Waals surface area (Å²) in [5.41, 5.74) is 6.78. The van der Waals surface area contributed by atoms with Gasteiger partial charge in [0.1, 0.15) is 5.75 Å². The van der Waals surface area contributed by atoms with Crippen molar-refractivity contribution in [2.24, 2.45) is 5.73 Å². The second-order valence-electron chi connectivity index (χ2n) is 5.11. The van der Waals surface area contributed by atoms with Crippen molar-refractivity contribution in [1.29, 1.82) is 0 Å². The Labute approximate surface area is 138 Å². The highest BCUT2D eigenvalue weighted by atomic mass is 16.5. The molecule has 0 bridgehead atoms. The van der Waals surface area contributed by atoms with Gasteiger partial charge in [-0.05, 0) is 36.4 Å². The molecule has 24 heavy (non-hydrogen) atoms. The number of primary amides is 1. The molecule has 3 N–H and O–H groups in total. The third-order valence-corrected chi connectivity index (χ3v) is 3.37. The van der Waals surface area contributed by atoms with E-state index < -0.39 is 5.91 Å². The van der Waals surface area contributed by atoms with Gasteiger partial charge in [0, 0.05) is 17.3 Å². The molecule has 6 nitrogen and oxygen atoms in total. The van der Waals surface area contributed by atoms with Crippen molar-refractivity contribution in [2.75, 3.05) is 11.9 Å². The Morgan fingerprint density at radius 3 is 2.54 bits per heavy atom. The van der Waals surface area contributed by atoms with Gasteiger partial charge >= 0.3 is 0 Å². The van der Waals surface area contributed by atoms with Crippen molar-refractivity contribution in [3.05, 3.63) is 66.4 Å². The summed E-state index contributed by atoms with van der Waals surface area (Å²) in [5.74, 6) is -0.292. The topological polar surface area (TPSA) is 94.3 Å². The van der Waals surface area contributed by atoms with Crippen molar-refractivity contribution >= 4 is 28.4 Å². The third kappa shape index (κ3) is 3.49. The molecule has 0 atom stereocenters. The van der Waals surface area contributed by atoms with Crippen LogP contribution in [0.15, 0.2) is 60.8 Å². The van der Waals surface area contributed by atoms with Crippen LogP contribution in [0.4, 0.5) is 5.69 Å². The average molecular weight is 321 g/mol. The molecule has 1 heterocycles. The Bertz CT molecular complexity index is 886. The lowest BCUT2D eigenvalue weighted by Gasteiger charge is -2.08. The third-order valence-electron chi connectivity index (χ3n) is 3.37. The van der Waals surface area contributed by atoms with E-state index >= 15 is 0 Å². The summed E-state index contributed by atoms with van der Waals surface area (Å²) in [4.78, 5) is 27.4. The number of carbonyl (C=O) groups is 2. The molecular formula is C18H15N3O3. The lowest BCUT2D eigenvalue weighted by Crippen LogP contribution is -2.20. The van der Waals surface area contributed by atoms with Gasteiger partial charge in [-0.3, -0.25) is 14.6 Å². The summed E-state index contributed by atoms with van der Waals surface area (Å²) in [7, 11) is 0. The summed E-state index contributed by atoms with van der Waals surface area (Å²) in [6.45, 7) is -0.187. The molecule has 0 spiro atoms. The lowest BCUT2D eigenvalue weighted by atomic mass is 10.1. The lowest BCUT2D eigenvalue weighted by molar-refractivity contribution is -0.119. The minimum Gasteiger partial charge on any atom is -0.484 e. The number of benzene rings is 2. The van der Waals surface area contributed by atoms with E-state index in [1.165, 1.54) is 0 Å². The number of amides is 2. The predicted molar refractivity (Wildman–Crippen MR) is 90.8 cm³/mol. The van der Waals surface area contributed by atoms with Gasteiger partial charge in [0.15, 0.2) is 6.61 Å². The fraction of sp³-hybridized carbons (Fsp3) is 0.0556. The molecule has 0 aliphatic carbocycles. The average Bonchev–Trinajstić information content (AvgIpc) is 2.60. The molecule has 3 rings (SSSR count). The molecule has 2 amide bonds. The zero-order valence-electron chi connectivity index (χ0n) is 12.7. The molecule has 1 aromatic heterocycles. The number of hydrogen-bond donors (Lipinski definition) is 2. The number of nitrogens with two attached hydrogens (primary N) is 1. The number of nitrogens with one attached hydrogen (secondary N) is 1. The highest BCUT2D eigenvalue weighted by Gasteiger charge is 2.11. The van der Waals surface area contributed by atoms with E-state index in [-0.39, 0.29) is 12.5 Å². The number of pyridine rings is 1. The molecule has 120 valence electrons. The fourth-order valence-electron chi connectivity index (χ4n) is 2.27. The predicted octanol–water partition coefficient (Wildman–Crippen LogP) is 2.35. The van der Waals surface area contributed by atoms with Crippen LogP contribution < -0.4 is 15.8 Å². The van der Waals surface area contributed by atoms with Gasteiger partial charge in [0.05, 0.1) is 11.1 Å². The van der Waals surface area contributed by atoms with E-state index in [4.69, 9.17) is 10.5 Å². The summed E-state index contributed by atoms with van der Waals surface area (Å²) < 4.78 is 5.17. The molecule has 2 aromatic carbocycles. The van der Waals surface area contributed by atoms with Crippen LogP contribution in [0.5, 0.6) is 5.75 Å². The Kier molecular flexibility index (Phi) is 4.38. The molecule has 0 saturated heterocycles. The summed E-state index contributed by atoms with van der Waals surface area (Å²) in [5, 5.41) is 3.72. The monoisotopic (exact) mass is 321 g/mol. The number of aromatic nitrogens is 1. The van der Waals surface area contributed by atoms with Crippen LogP contribution >= 0.6 is 0 Å². The molecule has 0 fully saturated rings. The first-order valence-corrected chi connectivity index (χ1v) is 7.30. The second kappa shape index (κ2) is 6.78. The Hall–Kier alpha value is -3.41. The molecule has 0 aliphatic heterocycles. The number of rotatable bonds is 5. The zero-order chi connectivity index (χ0) is 16.9. The van der Waals surface area contributed by atoms with Gasteiger partial charge in [-0.1, -0.05) is 18.2 Å². The van der Waals surface area contributed by atoms with Crippen LogP contribution in [0.1, 0.15) is 10.4 Å². The summed E-state index contributed by atoms with van der Waals surface area (Å²) >= 11 is 0. The number of ether oxygens (including phenoxy) is 1.